The van der Waals surface area contributed by atoms with Gasteiger partial charge in [-0.2, -0.15) is 0 Å². The van der Waals surface area contributed by atoms with E-state index in [1.165, 1.54) is 16.7 Å². The maximum Gasteiger partial charge on any atom is 0.128 e. The van der Waals surface area contributed by atoms with Gasteiger partial charge in [0.15, 0.2) is 0 Å². The number of nitrogens with zero attached hydrogens (tertiary/aromatic N) is 1. The molecule has 0 aliphatic carbocycles. The van der Waals surface area contributed by atoms with E-state index in [4.69, 9.17) is 0 Å². The molecule has 0 fully saturated rings. The summed E-state index contributed by atoms with van der Waals surface area (Å²) in [6.45, 7) is 24.1. The molecule has 0 radical (unpaired) electrons. The van der Waals surface area contributed by atoms with Crippen molar-refractivity contribution in [3.05, 3.63) is 10.8 Å². The maximum atomic E-state index is 2.88. The smallest absolute Gasteiger partial charge is 0.128 e. The quantitative estimate of drug-likeness (QED) is 0.690. The highest BCUT2D eigenvalue weighted by Crippen LogP contribution is 2.41. The number of hydrogen-bond acceptors (Lipinski definition) is 1. The average molecular weight is 300 g/mol. The Balaban J connectivity index is 5.75. The summed E-state index contributed by atoms with van der Waals surface area (Å²) < 4.78 is 2.88. The lowest BCUT2D eigenvalue weighted by molar-refractivity contribution is 0.272. The van der Waals surface area contributed by atoms with E-state index in [1.54, 1.807) is 10.8 Å². The van der Waals surface area contributed by atoms with Gasteiger partial charge < -0.3 is 4.57 Å². The minimum Gasteiger partial charge on any atom is -0.315 e. The molecule has 0 aromatic rings. The molecule has 1 nitrogen and oxygen atoms in total. The van der Waals surface area contributed by atoms with Crippen molar-refractivity contribution in [1.29, 1.82) is 0 Å². The molecule has 0 saturated heterocycles. The molecule has 0 aliphatic heterocycles. The minimum absolute atomic E-state index is 0.407. The van der Waals surface area contributed by atoms with Gasteiger partial charge in [-0.1, -0.05) is 65.4 Å². The van der Waals surface area contributed by atoms with E-state index in [1.807, 2.05) is 0 Å². The number of allylic oxidation sites excluding steroid dienone is 1. The molecule has 0 amide bonds. The first-order valence-electron chi connectivity index (χ1n) is 7.80. The number of hydrogen-bond donors (Lipinski definition) is 0. The largest absolute Gasteiger partial charge is 0.315 e. The molecular formula is C16H37NSi2. The Morgan fingerprint density at radius 3 is 1.79 bits per heavy atom. The zero-order valence-electron chi connectivity index (χ0n) is 15.3. The van der Waals surface area contributed by atoms with Crippen molar-refractivity contribution in [2.24, 2.45) is 0 Å². The molecule has 0 aliphatic rings. The van der Waals surface area contributed by atoms with Crippen molar-refractivity contribution in [3.63, 3.8) is 0 Å². The molecular weight excluding hydrogens is 262 g/mol. The maximum absolute atomic E-state index is 2.88. The Labute approximate surface area is 126 Å². The summed E-state index contributed by atoms with van der Waals surface area (Å²) in [5, 5.41) is 2.03. The van der Waals surface area contributed by atoms with Crippen LogP contribution in [0.15, 0.2) is 10.8 Å². The van der Waals surface area contributed by atoms with Crippen LogP contribution in [-0.4, -0.2) is 35.1 Å². The van der Waals surface area contributed by atoms with Gasteiger partial charge in [0.05, 0.1) is 0 Å². The highest BCUT2D eigenvalue weighted by molar-refractivity contribution is 6.77. The Hall–Kier alpha value is 0.134. The summed E-state index contributed by atoms with van der Waals surface area (Å²) in [7, 11) is -0.284. The second-order valence-electron chi connectivity index (χ2n) is 7.92. The van der Waals surface area contributed by atoms with E-state index in [0.717, 1.165) is 0 Å². The lowest BCUT2D eigenvalue weighted by Gasteiger charge is -2.52. The molecule has 0 spiro atoms. The predicted molar refractivity (Wildman–Crippen MR) is 96.6 cm³/mol. The first kappa shape index (κ1) is 19.1. The molecule has 0 aromatic heterocycles. The Kier molecular flexibility index (Phi) is 6.77. The van der Waals surface area contributed by atoms with Crippen molar-refractivity contribution in [3.8, 4) is 0 Å². The molecule has 0 saturated carbocycles. The van der Waals surface area contributed by atoms with Gasteiger partial charge in [0.2, 0.25) is 0 Å². The normalized spacial score (nSPS) is 17.1. The Morgan fingerprint density at radius 1 is 1.16 bits per heavy atom. The molecule has 114 valence electrons. The Bertz CT molecular complexity index is 320. The van der Waals surface area contributed by atoms with Gasteiger partial charge in [-0.15, -0.1) is 0 Å². The Morgan fingerprint density at radius 2 is 1.58 bits per heavy atom. The predicted octanol–water partition coefficient (Wildman–Crippen LogP) is 4.14. The topological polar surface area (TPSA) is 3.24 Å². The standard InChI is InChI=1S/C16H37NSi2/c1-11-15(13(4)14(5)18)17(12(2)3)19(9,10)16(6,7)8/h12,15H,11H2,1-10,18H3. The molecule has 1 unspecified atom stereocenters. The molecule has 3 heteroatoms. The fourth-order valence-electron chi connectivity index (χ4n) is 2.83. The van der Waals surface area contributed by atoms with Crippen molar-refractivity contribution >= 4 is 18.5 Å². The van der Waals surface area contributed by atoms with Crippen LogP contribution in [0.25, 0.3) is 0 Å². The van der Waals surface area contributed by atoms with Crippen LogP contribution in [0, 0.1) is 0 Å². The third-order valence-electron chi connectivity index (χ3n) is 5.05. The highest BCUT2D eigenvalue weighted by atomic mass is 28.3. The molecule has 0 N–H and O–H groups in total. The summed E-state index contributed by atoms with van der Waals surface area (Å²) >= 11 is 0. The fraction of sp³-hybridized carbons (Fsp3) is 0.875. The van der Waals surface area contributed by atoms with Crippen LogP contribution in [0.1, 0.15) is 61.8 Å². The van der Waals surface area contributed by atoms with E-state index >= 15 is 0 Å². The molecule has 0 rings (SSSR count). The second-order valence-corrected chi connectivity index (χ2v) is 14.6. The van der Waals surface area contributed by atoms with Gasteiger partial charge in [0, 0.05) is 16.3 Å². The van der Waals surface area contributed by atoms with Gasteiger partial charge in [0.25, 0.3) is 0 Å². The molecule has 19 heavy (non-hydrogen) atoms. The molecule has 0 aromatic carbocycles. The van der Waals surface area contributed by atoms with Gasteiger partial charge in [-0.05, 0) is 31.3 Å². The van der Waals surface area contributed by atoms with Crippen LogP contribution in [0.4, 0.5) is 0 Å². The van der Waals surface area contributed by atoms with Gasteiger partial charge >= 0.3 is 0 Å². The molecule has 1 atom stereocenters. The van der Waals surface area contributed by atoms with E-state index in [0.29, 0.717) is 17.1 Å². The van der Waals surface area contributed by atoms with E-state index < -0.39 is 8.24 Å². The zero-order valence-corrected chi connectivity index (χ0v) is 18.3. The van der Waals surface area contributed by atoms with Crippen molar-refractivity contribution in [2.45, 2.75) is 92.0 Å². The first-order valence-corrected chi connectivity index (χ1v) is 11.7. The SMILES string of the molecule is CCC(C(C)=C(C)[SiH3])N(C(C)C)[Si](C)(C)C(C)(C)C. The minimum atomic E-state index is -1.48. The van der Waals surface area contributed by atoms with Crippen molar-refractivity contribution < 1.29 is 0 Å². The summed E-state index contributed by atoms with van der Waals surface area (Å²) in [5.74, 6) is 0. The zero-order chi connectivity index (χ0) is 15.6. The van der Waals surface area contributed by atoms with Gasteiger partial charge in [0.1, 0.15) is 8.24 Å². The highest BCUT2D eigenvalue weighted by Gasteiger charge is 2.44. The van der Waals surface area contributed by atoms with E-state index in [2.05, 4.69) is 73.0 Å². The molecule has 0 bridgehead atoms. The van der Waals surface area contributed by atoms with Gasteiger partial charge in [-0.25, -0.2) is 0 Å². The van der Waals surface area contributed by atoms with Crippen molar-refractivity contribution in [1.82, 2.24) is 4.57 Å². The van der Waals surface area contributed by atoms with Gasteiger partial charge in [-0.3, -0.25) is 0 Å². The lowest BCUT2D eigenvalue weighted by atomic mass is 10.1. The van der Waals surface area contributed by atoms with E-state index in [-0.39, 0.29) is 0 Å². The third-order valence-corrected chi connectivity index (χ3v) is 11.6. The summed E-state index contributed by atoms with van der Waals surface area (Å²) in [6.07, 6.45) is 1.23. The lowest BCUT2D eigenvalue weighted by Crippen LogP contribution is -2.61. The van der Waals surface area contributed by atoms with E-state index in [9.17, 15) is 0 Å². The summed E-state index contributed by atoms with van der Waals surface area (Å²) in [5.41, 5.74) is 1.63. The molecule has 0 heterocycles. The van der Waals surface area contributed by atoms with Crippen LogP contribution < -0.4 is 0 Å². The second kappa shape index (κ2) is 6.73. The van der Waals surface area contributed by atoms with Crippen LogP contribution in [0.2, 0.25) is 18.1 Å². The third kappa shape index (κ3) is 4.30. The first-order chi connectivity index (χ1) is 8.37. The summed E-state index contributed by atoms with van der Waals surface area (Å²) in [6, 6.07) is 1.26. The van der Waals surface area contributed by atoms with Crippen LogP contribution >= 0.6 is 0 Å². The van der Waals surface area contributed by atoms with Crippen LogP contribution in [0.3, 0.4) is 0 Å². The van der Waals surface area contributed by atoms with Crippen molar-refractivity contribution in [2.75, 3.05) is 0 Å². The van der Waals surface area contributed by atoms with Crippen LogP contribution in [-0.2, 0) is 0 Å². The average Bonchev–Trinajstić information content (AvgIpc) is 2.21. The van der Waals surface area contributed by atoms with Crippen LogP contribution in [0.5, 0.6) is 0 Å². The number of rotatable bonds is 5. The fourth-order valence-corrected chi connectivity index (χ4v) is 6.38. The summed E-state index contributed by atoms with van der Waals surface area (Å²) in [4.78, 5) is 0. The monoisotopic (exact) mass is 299 g/mol.